The minimum Gasteiger partial charge on any atom is -0.481 e. The number of hydrogen-bond donors (Lipinski definition) is 2. The first kappa shape index (κ1) is 13.8. The summed E-state index contributed by atoms with van der Waals surface area (Å²) in [5, 5.41) is 11.5. The third kappa shape index (κ3) is 4.24. The number of hydrogen-bond acceptors (Lipinski definition) is 2. The van der Waals surface area contributed by atoms with Crippen molar-refractivity contribution in [1.29, 1.82) is 0 Å². The molecule has 0 unspecified atom stereocenters. The van der Waals surface area contributed by atoms with Crippen LogP contribution in [-0.4, -0.2) is 41.6 Å². The third-order valence-electron chi connectivity index (χ3n) is 3.38. The molecule has 0 aliphatic carbocycles. The Morgan fingerprint density at radius 2 is 2.00 bits per heavy atom. The number of carboxylic acid groups (broad SMARTS) is 1. The zero-order chi connectivity index (χ0) is 13.1. The number of amides is 2. The summed E-state index contributed by atoms with van der Waals surface area (Å²) < 4.78 is 0. The van der Waals surface area contributed by atoms with Crippen molar-refractivity contribution in [3.8, 4) is 0 Å². The van der Waals surface area contributed by atoms with Crippen LogP contribution in [0.3, 0.4) is 0 Å². The van der Waals surface area contributed by atoms with Gasteiger partial charge in [0.1, 0.15) is 0 Å². The molecule has 1 aliphatic rings. The molecule has 1 saturated heterocycles. The lowest BCUT2D eigenvalue weighted by Crippen LogP contribution is -2.55. The number of aliphatic carboxylic acids is 1. The standard InChI is InChI=1S/C12H22N2O3/c1-4-12(2,3)8-13-11(17)14-6-9(7-14)5-10(15)16/h9H,4-8H2,1-3H3,(H,13,17)(H,15,16). The predicted octanol–water partition coefficient (Wildman–Crippen LogP) is 1.54. The van der Waals surface area contributed by atoms with Gasteiger partial charge in [0.2, 0.25) is 0 Å². The fourth-order valence-electron chi connectivity index (χ4n) is 1.66. The summed E-state index contributed by atoms with van der Waals surface area (Å²) >= 11 is 0. The van der Waals surface area contributed by atoms with Gasteiger partial charge in [-0.3, -0.25) is 4.79 Å². The van der Waals surface area contributed by atoms with Gasteiger partial charge in [-0.2, -0.15) is 0 Å². The van der Waals surface area contributed by atoms with Crippen LogP contribution < -0.4 is 5.32 Å². The lowest BCUT2D eigenvalue weighted by molar-refractivity contribution is -0.139. The monoisotopic (exact) mass is 242 g/mol. The van der Waals surface area contributed by atoms with E-state index in [-0.39, 0.29) is 23.8 Å². The maximum absolute atomic E-state index is 11.7. The van der Waals surface area contributed by atoms with E-state index in [9.17, 15) is 9.59 Å². The Morgan fingerprint density at radius 1 is 1.41 bits per heavy atom. The highest BCUT2D eigenvalue weighted by Crippen LogP contribution is 2.20. The molecule has 0 atom stereocenters. The highest BCUT2D eigenvalue weighted by molar-refractivity contribution is 5.75. The van der Waals surface area contributed by atoms with Crippen LogP contribution in [0.25, 0.3) is 0 Å². The molecule has 2 N–H and O–H groups in total. The number of urea groups is 1. The van der Waals surface area contributed by atoms with Gasteiger partial charge in [-0.1, -0.05) is 20.8 Å². The van der Waals surface area contributed by atoms with Gasteiger partial charge in [0.05, 0.1) is 6.42 Å². The van der Waals surface area contributed by atoms with Crippen LogP contribution in [0.4, 0.5) is 4.79 Å². The number of carbonyl (C=O) groups excluding carboxylic acids is 1. The van der Waals surface area contributed by atoms with Crippen molar-refractivity contribution in [2.75, 3.05) is 19.6 Å². The van der Waals surface area contributed by atoms with Gasteiger partial charge in [-0.25, -0.2) is 4.79 Å². The average Bonchev–Trinajstić information content (AvgIpc) is 2.19. The molecule has 0 aromatic carbocycles. The Balaban J connectivity index is 2.21. The molecule has 2 amide bonds. The molecule has 1 fully saturated rings. The Kier molecular flexibility index (Phi) is 4.37. The first-order valence-corrected chi connectivity index (χ1v) is 6.08. The van der Waals surface area contributed by atoms with Crippen molar-refractivity contribution in [1.82, 2.24) is 10.2 Å². The molecule has 1 heterocycles. The van der Waals surface area contributed by atoms with Crippen molar-refractivity contribution in [2.24, 2.45) is 11.3 Å². The summed E-state index contributed by atoms with van der Waals surface area (Å²) in [6, 6.07) is -0.0758. The van der Waals surface area contributed by atoms with Gasteiger partial charge in [-0.05, 0) is 11.8 Å². The van der Waals surface area contributed by atoms with Crippen LogP contribution in [0.2, 0.25) is 0 Å². The average molecular weight is 242 g/mol. The van der Waals surface area contributed by atoms with E-state index in [2.05, 4.69) is 26.1 Å². The molecule has 98 valence electrons. The van der Waals surface area contributed by atoms with Crippen molar-refractivity contribution >= 4 is 12.0 Å². The molecule has 1 aliphatic heterocycles. The highest BCUT2D eigenvalue weighted by atomic mass is 16.4. The Hall–Kier alpha value is -1.26. The van der Waals surface area contributed by atoms with Crippen molar-refractivity contribution in [2.45, 2.75) is 33.6 Å². The third-order valence-corrected chi connectivity index (χ3v) is 3.38. The molecule has 0 aromatic rings. The second kappa shape index (κ2) is 5.38. The summed E-state index contributed by atoms with van der Waals surface area (Å²) in [5.41, 5.74) is 0.112. The minimum absolute atomic E-state index is 0.0758. The van der Waals surface area contributed by atoms with E-state index < -0.39 is 5.97 Å². The quantitative estimate of drug-likeness (QED) is 0.768. The summed E-state index contributed by atoms with van der Waals surface area (Å²) in [7, 11) is 0. The second-order valence-corrected chi connectivity index (χ2v) is 5.55. The Bertz CT molecular complexity index is 296. The first-order chi connectivity index (χ1) is 7.84. The Morgan fingerprint density at radius 3 is 2.47 bits per heavy atom. The van der Waals surface area contributed by atoms with Gasteiger partial charge in [0.15, 0.2) is 0 Å². The molecular formula is C12H22N2O3. The molecule has 1 rings (SSSR count). The summed E-state index contributed by atoms with van der Waals surface area (Å²) in [4.78, 5) is 23.8. The van der Waals surface area contributed by atoms with Crippen LogP contribution in [0, 0.1) is 11.3 Å². The van der Waals surface area contributed by atoms with E-state index in [0.29, 0.717) is 19.6 Å². The number of carboxylic acids is 1. The van der Waals surface area contributed by atoms with Crippen molar-refractivity contribution in [3.05, 3.63) is 0 Å². The van der Waals surface area contributed by atoms with E-state index >= 15 is 0 Å². The zero-order valence-electron chi connectivity index (χ0n) is 10.8. The van der Waals surface area contributed by atoms with Crippen LogP contribution in [0.1, 0.15) is 33.6 Å². The molecule has 5 nitrogen and oxygen atoms in total. The molecule has 0 radical (unpaired) electrons. The Labute approximate surface area is 102 Å². The van der Waals surface area contributed by atoms with Crippen molar-refractivity contribution < 1.29 is 14.7 Å². The van der Waals surface area contributed by atoms with Crippen LogP contribution in [0.5, 0.6) is 0 Å². The molecular weight excluding hydrogens is 220 g/mol. The summed E-state index contributed by atoms with van der Waals surface area (Å²) in [6.45, 7) is 8.09. The molecule has 0 spiro atoms. The van der Waals surface area contributed by atoms with Crippen LogP contribution >= 0.6 is 0 Å². The summed E-state index contributed by atoms with van der Waals surface area (Å²) in [5.74, 6) is -0.667. The minimum atomic E-state index is -0.790. The van der Waals surface area contributed by atoms with E-state index in [1.165, 1.54) is 0 Å². The van der Waals surface area contributed by atoms with Gasteiger partial charge >= 0.3 is 12.0 Å². The number of carbonyl (C=O) groups is 2. The number of rotatable bonds is 5. The molecule has 0 aromatic heterocycles. The van der Waals surface area contributed by atoms with E-state index in [1.54, 1.807) is 4.90 Å². The number of likely N-dealkylation sites (tertiary alicyclic amines) is 1. The lowest BCUT2D eigenvalue weighted by Gasteiger charge is -2.39. The topological polar surface area (TPSA) is 69.6 Å². The van der Waals surface area contributed by atoms with Gasteiger partial charge in [0, 0.05) is 25.6 Å². The maximum atomic E-state index is 11.7. The normalized spacial score (nSPS) is 16.5. The van der Waals surface area contributed by atoms with E-state index in [4.69, 9.17) is 5.11 Å². The van der Waals surface area contributed by atoms with Crippen LogP contribution in [0.15, 0.2) is 0 Å². The number of nitrogens with one attached hydrogen (secondary N) is 1. The zero-order valence-corrected chi connectivity index (χ0v) is 10.8. The first-order valence-electron chi connectivity index (χ1n) is 6.08. The van der Waals surface area contributed by atoms with Crippen molar-refractivity contribution in [3.63, 3.8) is 0 Å². The number of nitrogens with zero attached hydrogens (tertiary/aromatic N) is 1. The molecule has 17 heavy (non-hydrogen) atoms. The van der Waals surface area contributed by atoms with Gasteiger partial charge in [0.25, 0.3) is 0 Å². The fraction of sp³-hybridized carbons (Fsp3) is 0.833. The highest BCUT2D eigenvalue weighted by Gasteiger charge is 2.32. The molecule has 0 bridgehead atoms. The van der Waals surface area contributed by atoms with Gasteiger partial charge in [-0.15, -0.1) is 0 Å². The fourth-order valence-corrected chi connectivity index (χ4v) is 1.66. The largest absolute Gasteiger partial charge is 0.481 e. The SMILES string of the molecule is CCC(C)(C)CNC(=O)N1CC(CC(=O)O)C1. The van der Waals surface area contributed by atoms with Crippen LogP contribution in [-0.2, 0) is 4.79 Å². The smallest absolute Gasteiger partial charge is 0.317 e. The van der Waals surface area contributed by atoms with E-state index in [1.807, 2.05) is 0 Å². The van der Waals surface area contributed by atoms with Gasteiger partial charge < -0.3 is 15.3 Å². The van der Waals surface area contributed by atoms with E-state index in [0.717, 1.165) is 6.42 Å². The molecule has 0 saturated carbocycles. The summed E-state index contributed by atoms with van der Waals surface area (Å²) in [6.07, 6.45) is 1.17. The predicted molar refractivity (Wildman–Crippen MR) is 64.8 cm³/mol. The second-order valence-electron chi connectivity index (χ2n) is 5.55. The maximum Gasteiger partial charge on any atom is 0.317 e. The lowest BCUT2D eigenvalue weighted by atomic mass is 9.90. The molecule has 5 heteroatoms.